The van der Waals surface area contributed by atoms with Crippen LogP contribution < -0.4 is 5.32 Å². The van der Waals surface area contributed by atoms with Crippen LogP contribution in [0.3, 0.4) is 0 Å². The van der Waals surface area contributed by atoms with E-state index < -0.39 is 24.1 Å². The van der Waals surface area contributed by atoms with E-state index in [0.717, 1.165) is 10.5 Å². The van der Waals surface area contributed by atoms with Gasteiger partial charge in [-0.1, -0.05) is 30.3 Å². The number of amides is 2. The highest BCUT2D eigenvalue weighted by Gasteiger charge is 2.38. The number of likely N-dealkylation sites (tertiary alicyclic amines) is 1. The fourth-order valence-electron chi connectivity index (χ4n) is 2.15. The van der Waals surface area contributed by atoms with Crippen molar-refractivity contribution in [1.82, 2.24) is 10.2 Å². The Bertz CT molecular complexity index is 463. The predicted octanol–water partition coefficient (Wildman–Crippen LogP) is 0.416. The molecule has 6 nitrogen and oxygen atoms in total. The highest BCUT2D eigenvalue weighted by atomic mass is 16.4. The topological polar surface area (TPSA) is 89.9 Å². The number of carboxylic acid groups (broad SMARTS) is 1. The van der Waals surface area contributed by atoms with Crippen molar-refractivity contribution in [3.05, 3.63) is 35.9 Å². The summed E-state index contributed by atoms with van der Waals surface area (Å²) < 4.78 is 0. The molecule has 2 atom stereocenters. The number of urea groups is 1. The first-order valence-corrected chi connectivity index (χ1v) is 6.07. The van der Waals surface area contributed by atoms with Gasteiger partial charge in [0.2, 0.25) is 0 Å². The maximum atomic E-state index is 11.9. The molecule has 1 saturated heterocycles. The van der Waals surface area contributed by atoms with E-state index in [-0.39, 0.29) is 13.0 Å². The first-order chi connectivity index (χ1) is 9.08. The van der Waals surface area contributed by atoms with E-state index in [0.29, 0.717) is 6.54 Å². The monoisotopic (exact) mass is 264 g/mol. The maximum Gasteiger partial charge on any atom is 0.326 e. The maximum absolute atomic E-state index is 11.9. The molecule has 0 unspecified atom stereocenters. The molecule has 6 heteroatoms. The van der Waals surface area contributed by atoms with E-state index in [1.165, 1.54) is 0 Å². The summed E-state index contributed by atoms with van der Waals surface area (Å²) in [5, 5.41) is 21.1. The van der Waals surface area contributed by atoms with Gasteiger partial charge in [-0.3, -0.25) is 0 Å². The third kappa shape index (κ3) is 3.23. The second-order valence-electron chi connectivity index (χ2n) is 4.54. The van der Waals surface area contributed by atoms with E-state index >= 15 is 0 Å². The van der Waals surface area contributed by atoms with Crippen LogP contribution in [0.25, 0.3) is 0 Å². The van der Waals surface area contributed by atoms with Gasteiger partial charge >= 0.3 is 12.0 Å². The molecule has 0 radical (unpaired) electrons. The number of aliphatic hydroxyl groups excluding tert-OH is 1. The highest BCUT2D eigenvalue weighted by molar-refractivity contribution is 5.83. The van der Waals surface area contributed by atoms with E-state index in [9.17, 15) is 14.7 Å². The molecule has 1 aliphatic heterocycles. The Morgan fingerprint density at radius 2 is 2.00 bits per heavy atom. The molecular weight excluding hydrogens is 248 g/mol. The van der Waals surface area contributed by atoms with Gasteiger partial charge in [0.15, 0.2) is 0 Å². The molecule has 0 bridgehead atoms. The number of aliphatic carboxylic acids is 1. The number of benzene rings is 1. The van der Waals surface area contributed by atoms with Crippen LogP contribution in [0.1, 0.15) is 12.0 Å². The molecular formula is C13H16N2O4. The van der Waals surface area contributed by atoms with Gasteiger partial charge in [-0.25, -0.2) is 9.59 Å². The molecule has 3 N–H and O–H groups in total. The number of carboxylic acids is 1. The number of nitrogens with zero attached hydrogens (tertiary/aromatic N) is 1. The van der Waals surface area contributed by atoms with Crippen LogP contribution in [0.2, 0.25) is 0 Å². The van der Waals surface area contributed by atoms with Gasteiger partial charge in [-0.2, -0.15) is 0 Å². The lowest BCUT2D eigenvalue weighted by atomic mass is 10.2. The molecule has 0 aromatic heterocycles. The Morgan fingerprint density at radius 3 is 2.63 bits per heavy atom. The zero-order valence-corrected chi connectivity index (χ0v) is 10.3. The summed E-state index contributed by atoms with van der Waals surface area (Å²) in [5.41, 5.74) is 0.933. The molecule has 1 aromatic rings. The fraction of sp³-hybridized carbons (Fsp3) is 0.385. The molecule has 102 valence electrons. The van der Waals surface area contributed by atoms with Crippen molar-refractivity contribution < 1.29 is 19.8 Å². The molecule has 19 heavy (non-hydrogen) atoms. The van der Waals surface area contributed by atoms with Gasteiger partial charge in [0.05, 0.1) is 6.10 Å². The molecule has 1 fully saturated rings. The number of carbonyl (C=O) groups excluding carboxylic acids is 1. The van der Waals surface area contributed by atoms with Gasteiger partial charge in [0.25, 0.3) is 0 Å². The van der Waals surface area contributed by atoms with Gasteiger partial charge in [-0.15, -0.1) is 0 Å². The average Bonchev–Trinajstić information content (AvgIpc) is 2.79. The van der Waals surface area contributed by atoms with E-state index in [1.54, 1.807) is 0 Å². The standard InChI is InChI=1S/C13H16N2O4/c16-10-6-11(12(17)18)15(8-10)13(19)14-7-9-4-2-1-3-5-9/h1-5,10-11,16H,6-8H2,(H,14,19)(H,17,18)/t10-,11-/m1/s1. The summed E-state index contributed by atoms with van der Waals surface area (Å²) in [7, 11) is 0. The zero-order chi connectivity index (χ0) is 13.8. The number of aliphatic hydroxyl groups is 1. The van der Waals surface area contributed by atoms with Crippen molar-refractivity contribution in [3.63, 3.8) is 0 Å². The zero-order valence-electron chi connectivity index (χ0n) is 10.3. The van der Waals surface area contributed by atoms with Crippen molar-refractivity contribution >= 4 is 12.0 Å². The smallest absolute Gasteiger partial charge is 0.326 e. The van der Waals surface area contributed by atoms with Crippen molar-refractivity contribution in [2.24, 2.45) is 0 Å². The van der Waals surface area contributed by atoms with Crippen molar-refractivity contribution in [3.8, 4) is 0 Å². The van der Waals surface area contributed by atoms with E-state index in [2.05, 4.69) is 5.32 Å². The molecule has 2 rings (SSSR count). The van der Waals surface area contributed by atoms with Crippen LogP contribution in [-0.4, -0.2) is 45.8 Å². The Hall–Kier alpha value is -2.08. The lowest BCUT2D eigenvalue weighted by Gasteiger charge is -2.21. The molecule has 0 spiro atoms. The molecule has 1 heterocycles. The molecule has 2 amide bonds. The van der Waals surface area contributed by atoms with Gasteiger partial charge in [0, 0.05) is 19.5 Å². The minimum atomic E-state index is -1.09. The van der Waals surface area contributed by atoms with Crippen LogP contribution in [-0.2, 0) is 11.3 Å². The average molecular weight is 264 g/mol. The number of carbonyl (C=O) groups is 2. The van der Waals surface area contributed by atoms with Crippen molar-refractivity contribution in [1.29, 1.82) is 0 Å². The summed E-state index contributed by atoms with van der Waals surface area (Å²) in [4.78, 5) is 24.1. The summed E-state index contributed by atoms with van der Waals surface area (Å²) in [6, 6.07) is 7.92. The van der Waals surface area contributed by atoms with Crippen LogP contribution in [0, 0.1) is 0 Å². The fourth-order valence-corrected chi connectivity index (χ4v) is 2.15. The first kappa shape index (κ1) is 13.4. The number of nitrogens with one attached hydrogen (secondary N) is 1. The molecule has 1 aliphatic rings. The third-order valence-corrected chi connectivity index (χ3v) is 3.11. The SMILES string of the molecule is O=C(O)[C@H]1C[C@@H](O)CN1C(=O)NCc1ccccc1. The number of β-amino-alcohol motifs (C(OH)–C–C–N with tert-alkyl or cyclic N) is 1. The van der Waals surface area contributed by atoms with Crippen molar-refractivity contribution in [2.75, 3.05) is 6.54 Å². The van der Waals surface area contributed by atoms with Crippen LogP contribution in [0.5, 0.6) is 0 Å². The minimum Gasteiger partial charge on any atom is -0.480 e. The second kappa shape index (κ2) is 5.71. The lowest BCUT2D eigenvalue weighted by Crippen LogP contribution is -2.45. The van der Waals surface area contributed by atoms with Gasteiger partial charge in [-0.05, 0) is 5.56 Å². The normalized spacial score (nSPS) is 22.3. The molecule has 0 saturated carbocycles. The summed E-state index contributed by atoms with van der Waals surface area (Å²) >= 11 is 0. The highest BCUT2D eigenvalue weighted by Crippen LogP contribution is 2.18. The van der Waals surface area contributed by atoms with E-state index in [1.807, 2.05) is 30.3 Å². The quantitative estimate of drug-likeness (QED) is 0.738. The first-order valence-electron chi connectivity index (χ1n) is 6.07. The largest absolute Gasteiger partial charge is 0.480 e. The predicted molar refractivity (Wildman–Crippen MR) is 67.4 cm³/mol. The molecule has 1 aromatic carbocycles. The summed E-state index contributed by atoms with van der Waals surface area (Å²) in [5.74, 6) is -1.09. The van der Waals surface area contributed by atoms with Crippen LogP contribution in [0.15, 0.2) is 30.3 Å². The van der Waals surface area contributed by atoms with Gasteiger partial charge in [0.1, 0.15) is 6.04 Å². The van der Waals surface area contributed by atoms with Crippen LogP contribution in [0.4, 0.5) is 4.79 Å². The summed E-state index contributed by atoms with van der Waals surface area (Å²) in [6.07, 6.45) is -0.697. The van der Waals surface area contributed by atoms with E-state index in [4.69, 9.17) is 5.11 Å². The Balaban J connectivity index is 1.94. The van der Waals surface area contributed by atoms with Crippen LogP contribution >= 0.6 is 0 Å². The van der Waals surface area contributed by atoms with Gasteiger partial charge < -0.3 is 20.4 Å². The second-order valence-corrected chi connectivity index (χ2v) is 4.54. The Morgan fingerprint density at radius 1 is 1.32 bits per heavy atom. The third-order valence-electron chi connectivity index (χ3n) is 3.11. The minimum absolute atomic E-state index is 0.0532. The molecule has 0 aliphatic carbocycles. The number of rotatable bonds is 3. The number of hydrogen-bond acceptors (Lipinski definition) is 3. The number of hydrogen-bond donors (Lipinski definition) is 3. The Labute approximate surface area is 110 Å². The van der Waals surface area contributed by atoms with Crippen molar-refractivity contribution in [2.45, 2.75) is 25.1 Å². The lowest BCUT2D eigenvalue weighted by molar-refractivity contribution is -0.141. The Kier molecular flexibility index (Phi) is 4.01. The summed E-state index contributed by atoms with van der Waals surface area (Å²) in [6.45, 7) is 0.385.